The van der Waals surface area contributed by atoms with Gasteiger partial charge in [0.2, 0.25) is 0 Å². The molecule has 1 N–H and O–H groups in total. The molecule has 2 saturated heterocycles. The van der Waals surface area contributed by atoms with E-state index in [4.69, 9.17) is 9.31 Å². The first-order valence-corrected chi connectivity index (χ1v) is 13.5. The quantitative estimate of drug-likeness (QED) is 0.559. The van der Waals surface area contributed by atoms with Crippen LogP contribution in [0, 0.1) is 5.82 Å². The molecular weight excluding hydrogens is 470 g/mol. The summed E-state index contributed by atoms with van der Waals surface area (Å²) in [7, 11) is -3.72. The minimum atomic E-state index is -3.11. The van der Waals surface area contributed by atoms with Crippen molar-refractivity contribution >= 4 is 39.2 Å². The van der Waals surface area contributed by atoms with Gasteiger partial charge in [0.1, 0.15) is 5.82 Å². The van der Waals surface area contributed by atoms with Crippen molar-refractivity contribution in [1.82, 2.24) is 9.88 Å². The number of hydrogen-bond acceptors (Lipinski definition) is 5. The molecule has 10 heteroatoms. The summed E-state index contributed by atoms with van der Waals surface area (Å²) in [5.41, 5.74) is 1.61. The van der Waals surface area contributed by atoms with Crippen LogP contribution in [0.4, 0.5) is 4.39 Å². The summed E-state index contributed by atoms with van der Waals surface area (Å²) >= 11 is 0. The molecular formula is C25H28BFN2O5S. The van der Waals surface area contributed by atoms with Crippen molar-refractivity contribution in [1.29, 1.82) is 0 Å². The zero-order chi connectivity index (χ0) is 25.2. The van der Waals surface area contributed by atoms with Crippen molar-refractivity contribution in [2.45, 2.75) is 51.4 Å². The molecule has 35 heavy (non-hydrogen) atoms. The molecule has 2 aliphatic heterocycles. The van der Waals surface area contributed by atoms with E-state index in [2.05, 4.69) is 5.32 Å². The molecule has 1 atom stereocenters. The van der Waals surface area contributed by atoms with E-state index in [-0.39, 0.29) is 23.2 Å². The molecule has 1 aromatic heterocycles. The number of hydrogen-bond donors (Lipinski definition) is 1. The molecule has 0 spiro atoms. The molecule has 2 aromatic carbocycles. The second-order valence-corrected chi connectivity index (χ2v) is 12.6. The minimum absolute atomic E-state index is 0.0426. The number of sulfone groups is 1. The Morgan fingerprint density at radius 3 is 2.34 bits per heavy atom. The Hall–Kier alpha value is -2.69. The maximum atomic E-state index is 13.6. The Bertz CT molecular complexity index is 1400. The van der Waals surface area contributed by atoms with Gasteiger partial charge in [0.15, 0.2) is 9.84 Å². The minimum Gasteiger partial charge on any atom is -0.399 e. The van der Waals surface area contributed by atoms with Crippen molar-refractivity contribution < 1.29 is 26.9 Å². The van der Waals surface area contributed by atoms with Crippen LogP contribution >= 0.6 is 0 Å². The van der Waals surface area contributed by atoms with Crippen molar-refractivity contribution in [3.05, 3.63) is 60.0 Å². The highest BCUT2D eigenvalue weighted by Gasteiger charge is 2.52. The van der Waals surface area contributed by atoms with E-state index in [1.54, 1.807) is 24.3 Å². The van der Waals surface area contributed by atoms with E-state index in [0.29, 0.717) is 12.0 Å². The molecule has 3 aromatic rings. The van der Waals surface area contributed by atoms with Gasteiger partial charge in [-0.25, -0.2) is 12.8 Å². The molecule has 0 radical (unpaired) electrons. The van der Waals surface area contributed by atoms with E-state index in [9.17, 15) is 17.6 Å². The zero-order valence-corrected chi connectivity index (χ0v) is 21.0. The molecule has 2 aliphatic rings. The number of carbonyl (C=O) groups is 1. The lowest BCUT2D eigenvalue weighted by atomic mass is 9.79. The normalized spacial score (nSPS) is 22.5. The Morgan fingerprint density at radius 1 is 1.09 bits per heavy atom. The average Bonchev–Trinajstić information content (AvgIpc) is 3.38. The van der Waals surface area contributed by atoms with Crippen LogP contribution in [0.1, 0.15) is 44.5 Å². The summed E-state index contributed by atoms with van der Waals surface area (Å²) < 4.78 is 51.6. The predicted octanol–water partition coefficient (Wildman–Crippen LogP) is 2.99. The average molecular weight is 498 g/mol. The van der Waals surface area contributed by atoms with E-state index in [1.807, 2.05) is 44.5 Å². The number of benzene rings is 2. The van der Waals surface area contributed by atoms with Gasteiger partial charge in [-0.15, -0.1) is 0 Å². The van der Waals surface area contributed by atoms with E-state index in [1.165, 1.54) is 12.1 Å². The SMILES string of the molecule is CC1(C)OB(c2cn(-c3ccc(F)cc3)c3cc(C(=O)NC4CCS(=O)(=O)C4)ccc23)OC1(C)C. The number of fused-ring (bicyclic) bond motifs is 1. The lowest BCUT2D eigenvalue weighted by molar-refractivity contribution is 0.00578. The van der Waals surface area contributed by atoms with E-state index >= 15 is 0 Å². The topological polar surface area (TPSA) is 86.6 Å². The summed E-state index contributed by atoms with van der Waals surface area (Å²) in [5, 5.41) is 3.68. The molecule has 3 heterocycles. The second kappa shape index (κ2) is 8.18. The molecule has 0 saturated carbocycles. The fourth-order valence-corrected chi connectivity index (χ4v) is 6.22. The smallest absolute Gasteiger partial charge is 0.399 e. The van der Waals surface area contributed by atoms with Crippen molar-refractivity contribution in [3.63, 3.8) is 0 Å². The number of amides is 1. The van der Waals surface area contributed by atoms with Crippen molar-refractivity contribution in [2.24, 2.45) is 0 Å². The Balaban J connectivity index is 1.56. The number of carbonyl (C=O) groups excluding carboxylic acids is 1. The molecule has 0 aliphatic carbocycles. The molecule has 184 valence electrons. The molecule has 2 fully saturated rings. The Labute approximate surface area is 204 Å². The van der Waals surface area contributed by atoms with Gasteiger partial charge in [-0.05, 0) is 75.9 Å². The summed E-state index contributed by atoms with van der Waals surface area (Å²) in [5.74, 6) is -0.637. The molecule has 0 bridgehead atoms. The van der Waals surface area contributed by atoms with Crippen LogP contribution in [0.25, 0.3) is 16.6 Å². The fourth-order valence-electron chi connectivity index (χ4n) is 4.55. The highest BCUT2D eigenvalue weighted by Crippen LogP contribution is 2.37. The van der Waals surface area contributed by atoms with Crippen LogP contribution in [0.3, 0.4) is 0 Å². The standard InChI is InChI=1S/C25H28BFN2O5S/c1-24(2)25(3,4)34-26(33-24)21-14-29(19-8-6-17(27)7-9-19)22-13-16(5-10-20(21)22)23(30)28-18-11-12-35(31,32)15-18/h5-10,13-14,18H,11-12,15H2,1-4H3,(H,28,30). The van der Waals surface area contributed by atoms with Gasteiger partial charge < -0.3 is 19.2 Å². The van der Waals surface area contributed by atoms with Gasteiger partial charge in [-0.3, -0.25) is 4.79 Å². The second-order valence-electron chi connectivity index (χ2n) is 10.3. The fraction of sp³-hybridized carbons (Fsp3) is 0.400. The van der Waals surface area contributed by atoms with Crippen LogP contribution in [0.5, 0.6) is 0 Å². The molecule has 5 rings (SSSR count). The maximum absolute atomic E-state index is 13.6. The number of halogens is 1. The van der Waals surface area contributed by atoms with Gasteiger partial charge in [-0.1, -0.05) is 6.07 Å². The summed E-state index contributed by atoms with van der Waals surface area (Å²) in [6.45, 7) is 7.94. The van der Waals surface area contributed by atoms with Gasteiger partial charge >= 0.3 is 7.12 Å². The lowest BCUT2D eigenvalue weighted by Crippen LogP contribution is -2.41. The van der Waals surface area contributed by atoms with Gasteiger partial charge in [-0.2, -0.15) is 0 Å². The molecule has 7 nitrogen and oxygen atoms in total. The summed E-state index contributed by atoms with van der Waals surface area (Å²) in [6.07, 6.45) is 2.31. The first kappa shape index (κ1) is 24.0. The van der Waals surface area contributed by atoms with Gasteiger partial charge in [0.25, 0.3) is 5.91 Å². The first-order chi connectivity index (χ1) is 16.4. The van der Waals surface area contributed by atoms with Crippen LogP contribution in [-0.4, -0.2) is 54.8 Å². The van der Waals surface area contributed by atoms with Gasteiger partial charge in [0, 0.05) is 29.0 Å². The summed E-state index contributed by atoms with van der Waals surface area (Å²) in [6, 6.07) is 11.0. The van der Waals surface area contributed by atoms with E-state index in [0.717, 1.165) is 22.1 Å². The Kier molecular flexibility index (Phi) is 5.62. The highest BCUT2D eigenvalue weighted by atomic mass is 32.2. The third kappa shape index (κ3) is 4.39. The zero-order valence-electron chi connectivity index (χ0n) is 20.2. The van der Waals surface area contributed by atoms with E-state index < -0.39 is 34.2 Å². The predicted molar refractivity (Wildman–Crippen MR) is 133 cm³/mol. The largest absolute Gasteiger partial charge is 0.497 e. The Morgan fingerprint density at radius 2 is 1.74 bits per heavy atom. The maximum Gasteiger partial charge on any atom is 0.497 e. The monoisotopic (exact) mass is 498 g/mol. The van der Waals surface area contributed by atoms with Crippen LogP contribution in [-0.2, 0) is 19.1 Å². The summed E-state index contributed by atoms with van der Waals surface area (Å²) in [4.78, 5) is 13.0. The van der Waals surface area contributed by atoms with Crippen LogP contribution < -0.4 is 10.8 Å². The molecule has 1 amide bonds. The molecule has 1 unspecified atom stereocenters. The number of nitrogens with one attached hydrogen (secondary N) is 1. The number of nitrogens with zero attached hydrogens (tertiary/aromatic N) is 1. The highest BCUT2D eigenvalue weighted by molar-refractivity contribution is 7.91. The number of aromatic nitrogens is 1. The van der Waals surface area contributed by atoms with Crippen molar-refractivity contribution in [3.8, 4) is 5.69 Å². The van der Waals surface area contributed by atoms with Gasteiger partial charge in [0.05, 0.1) is 28.2 Å². The van der Waals surface area contributed by atoms with Crippen LogP contribution in [0.2, 0.25) is 0 Å². The lowest BCUT2D eigenvalue weighted by Gasteiger charge is -2.32. The van der Waals surface area contributed by atoms with Crippen LogP contribution in [0.15, 0.2) is 48.7 Å². The first-order valence-electron chi connectivity index (χ1n) is 11.6. The van der Waals surface area contributed by atoms with Crippen molar-refractivity contribution in [2.75, 3.05) is 11.5 Å². The number of rotatable bonds is 4. The third-order valence-electron chi connectivity index (χ3n) is 7.28. The third-order valence-corrected chi connectivity index (χ3v) is 9.05.